The van der Waals surface area contributed by atoms with Crippen LogP contribution in [0.25, 0.3) is 0 Å². The average Bonchev–Trinajstić information content (AvgIpc) is 2.38. The average molecular weight is 268 g/mol. The Kier molecular flexibility index (Phi) is 5.99. The molecular formula is C14H17FO4. The number of halogens is 1. The fourth-order valence-corrected chi connectivity index (χ4v) is 1.56. The summed E-state index contributed by atoms with van der Waals surface area (Å²) in [6.07, 6.45) is 0.358. The van der Waals surface area contributed by atoms with Gasteiger partial charge in [-0.25, -0.2) is 9.18 Å². The van der Waals surface area contributed by atoms with E-state index in [9.17, 15) is 14.0 Å². The van der Waals surface area contributed by atoms with E-state index in [1.54, 1.807) is 13.8 Å². The van der Waals surface area contributed by atoms with Crippen LogP contribution < -0.4 is 0 Å². The Hall–Kier alpha value is -1.91. The molecule has 0 heterocycles. The number of rotatable bonds is 6. The third-order valence-corrected chi connectivity index (χ3v) is 2.47. The number of esters is 2. The molecule has 0 atom stereocenters. The Morgan fingerprint density at radius 1 is 1.16 bits per heavy atom. The summed E-state index contributed by atoms with van der Waals surface area (Å²) in [6.45, 7) is 3.95. The molecule has 0 bridgehead atoms. The van der Waals surface area contributed by atoms with Crippen LogP contribution in [0.1, 0.15) is 36.2 Å². The summed E-state index contributed by atoms with van der Waals surface area (Å²) >= 11 is 0. The molecule has 1 aromatic rings. The molecule has 19 heavy (non-hydrogen) atoms. The Morgan fingerprint density at radius 2 is 1.84 bits per heavy atom. The maximum atomic E-state index is 13.7. The quantitative estimate of drug-likeness (QED) is 0.744. The van der Waals surface area contributed by atoms with E-state index in [0.29, 0.717) is 12.2 Å². The molecule has 0 unspecified atom stereocenters. The van der Waals surface area contributed by atoms with Crippen molar-refractivity contribution in [1.29, 1.82) is 0 Å². The maximum Gasteiger partial charge on any atom is 0.338 e. The van der Waals surface area contributed by atoms with Gasteiger partial charge in [-0.05, 0) is 38.0 Å². The number of hydrogen-bond donors (Lipinski definition) is 0. The van der Waals surface area contributed by atoms with Gasteiger partial charge in [-0.15, -0.1) is 0 Å². The number of aryl methyl sites for hydroxylation is 1. The monoisotopic (exact) mass is 268 g/mol. The third-order valence-electron chi connectivity index (χ3n) is 2.47. The summed E-state index contributed by atoms with van der Waals surface area (Å²) in [5, 5.41) is 0. The summed E-state index contributed by atoms with van der Waals surface area (Å²) in [5.41, 5.74) is 0.542. The van der Waals surface area contributed by atoms with E-state index < -0.39 is 11.8 Å². The molecule has 0 saturated carbocycles. The van der Waals surface area contributed by atoms with Gasteiger partial charge in [0.2, 0.25) is 0 Å². The zero-order valence-corrected chi connectivity index (χ0v) is 11.1. The van der Waals surface area contributed by atoms with E-state index in [1.165, 1.54) is 12.1 Å². The first kappa shape index (κ1) is 15.1. The van der Waals surface area contributed by atoms with Gasteiger partial charge in [0.25, 0.3) is 0 Å². The zero-order chi connectivity index (χ0) is 14.3. The minimum atomic E-state index is -0.557. The van der Waals surface area contributed by atoms with Crippen LogP contribution in [0.5, 0.6) is 0 Å². The Bertz CT molecular complexity index is 457. The zero-order valence-electron chi connectivity index (χ0n) is 11.1. The van der Waals surface area contributed by atoms with Crippen LogP contribution in [0.15, 0.2) is 18.2 Å². The lowest BCUT2D eigenvalue weighted by Crippen LogP contribution is -2.08. The summed E-state index contributed by atoms with van der Waals surface area (Å²) in [4.78, 5) is 22.6. The lowest BCUT2D eigenvalue weighted by Gasteiger charge is -2.06. The number of hydrogen-bond acceptors (Lipinski definition) is 4. The van der Waals surface area contributed by atoms with Crippen LogP contribution in [0.4, 0.5) is 4.39 Å². The number of carbonyl (C=O) groups excluding carboxylic acids is 2. The molecule has 0 aliphatic carbocycles. The molecule has 0 aromatic heterocycles. The Balaban J connectivity index is 2.67. The first-order chi connectivity index (χ1) is 9.08. The topological polar surface area (TPSA) is 52.6 Å². The fourth-order valence-electron chi connectivity index (χ4n) is 1.56. The highest BCUT2D eigenvalue weighted by atomic mass is 19.1. The standard InChI is InChI=1S/C14H17FO4/c1-3-18-13(16)8-7-10-5-6-11(9-12(10)15)14(17)19-4-2/h5-6,9H,3-4,7-8H2,1-2H3. The molecule has 0 radical (unpaired) electrons. The SMILES string of the molecule is CCOC(=O)CCc1ccc(C(=O)OCC)cc1F. The second-order valence-electron chi connectivity index (χ2n) is 3.83. The highest BCUT2D eigenvalue weighted by Crippen LogP contribution is 2.13. The molecule has 0 saturated heterocycles. The second-order valence-corrected chi connectivity index (χ2v) is 3.83. The lowest BCUT2D eigenvalue weighted by molar-refractivity contribution is -0.143. The highest BCUT2D eigenvalue weighted by Gasteiger charge is 2.11. The Labute approximate surface area is 111 Å². The van der Waals surface area contributed by atoms with E-state index in [4.69, 9.17) is 9.47 Å². The molecule has 1 aromatic carbocycles. The van der Waals surface area contributed by atoms with E-state index in [-0.39, 0.29) is 31.0 Å². The second kappa shape index (κ2) is 7.51. The predicted octanol–water partition coefficient (Wildman–Crippen LogP) is 2.50. The minimum absolute atomic E-state index is 0.115. The van der Waals surface area contributed by atoms with Crippen LogP contribution in [-0.2, 0) is 20.7 Å². The maximum absolute atomic E-state index is 13.7. The Morgan fingerprint density at radius 3 is 2.42 bits per heavy atom. The lowest BCUT2D eigenvalue weighted by atomic mass is 10.1. The van der Waals surface area contributed by atoms with E-state index >= 15 is 0 Å². The van der Waals surface area contributed by atoms with Gasteiger partial charge in [0.1, 0.15) is 5.82 Å². The van der Waals surface area contributed by atoms with Crippen LogP contribution in [-0.4, -0.2) is 25.2 Å². The third kappa shape index (κ3) is 4.69. The van der Waals surface area contributed by atoms with Crippen molar-refractivity contribution >= 4 is 11.9 Å². The fraction of sp³-hybridized carbons (Fsp3) is 0.429. The predicted molar refractivity (Wildman–Crippen MR) is 67.3 cm³/mol. The van der Waals surface area contributed by atoms with Crippen molar-refractivity contribution < 1.29 is 23.5 Å². The van der Waals surface area contributed by atoms with E-state index in [0.717, 1.165) is 6.07 Å². The van der Waals surface area contributed by atoms with Gasteiger partial charge in [0, 0.05) is 6.42 Å². The van der Waals surface area contributed by atoms with Crippen molar-refractivity contribution in [3.05, 3.63) is 35.1 Å². The highest BCUT2D eigenvalue weighted by molar-refractivity contribution is 5.89. The summed E-state index contributed by atoms with van der Waals surface area (Å²) in [7, 11) is 0. The molecule has 104 valence electrons. The van der Waals surface area contributed by atoms with Crippen LogP contribution >= 0.6 is 0 Å². The van der Waals surface area contributed by atoms with Gasteiger partial charge in [0.15, 0.2) is 0 Å². The van der Waals surface area contributed by atoms with Crippen molar-refractivity contribution in [2.75, 3.05) is 13.2 Å². The molecule has 0 aliphatic heterocycles. The van der Waals surface area contributed by atoms with Crippen LogP contribution in [0, 0.1) is 5.82 Å². The summed E-state index contributed by atoms with van der Waals surface area (Å²) in [6, 6.07) is 4.10. The van der Waals surface area contributed by atoms with Gasteiger partial charge < -0.3 is 9.47 Å². The van der Waals surface area contributed by atoms with Gasteiger partial charge in [0.05, 0.1) is 18.8 Å². The molecule has 4 nitrogen and oxygen atoms in total. The van der Waals surface area contributed by atoms with Crippen LogP contribution in [0.3, 0.4) is 0 Å². The van der Waals surface area contributed by atoms with Crippen molar-refractivity contribution in [1.82, 2.24) is 0 Å². The van der Waals surface area contributed by atoms with Crippen molar-refractivity contribution in [3.8, 4) is 0 Å². The van der Waals surface area contributed by atoms with Gasteiger partial charge in [-0.2, -0.15) is 0 Å². The molecule has 0 fully saturated rings. The normalized spacial score (nSPS) is 10.1. The van der Waals surface area contributed by atoms with Gasteiger partial charge >= 0.3 is 11.9 Å². The number of benzene rings is 1. The smallest absolute Gasteiger partial charge is 0.338 e. The first-order valence-electron chi connectivity index (χ1n) is 6.19. The van der Waals surface area contributed by atoms with Gasteiger partial charge in [-0.1, -0.05) is 6.07 Å². The molecule has 0 amide bonds. The van der Waals surface area contributed by atoms with Crippen molar-refractivity contribution in [3.63, 3.8) is 0 Å². The molecule has 0 aliphatic rings. The minimum Gasteiger partial charge on any atom is -0.466 e. The van der Waals surface area contributed by atoms with Crippen molar-refractivity contribution in [2.24, 2.45) is 0 Å². The van der Waals surface area contributed by atoms with E-state index in [2.05, 4.69) is 0 Å². The number of ether oxygens (including phenoxy) is 2. The van der Waals surface area contributed by atoms with Crippen molar-refractivity contribution in [2.45, 2.75) is 26.7 Å². The van der Waals surface area contributed by atoms with Crippen LogP contribution in [0.2, 0.25) is 0 Å². The molecule has 1 rings (SSSR count). The summed E-state index contributed by atoms with van der Waals surface area (Å²) in [5.74, 6) is -1.44. The van der Waals surface area contributed by atoms with Gasteiger partial charge in [-0.3, -0.25) is 4.79 Å². The molecule has 5 heteroatoms. The molecular weight excluding hydrogens is 251 g/mol. The largest absolute Gasteiger partial charge is 0.466 e. The molecule has 0 spiro atoms. The first-order valence-corrected chi connectivity index (χ1v) is 6.19. The molecule has 0 N–H and O–H groups in total. The summed E-state index contributed by atoms with van der Waals surface area (Å²) < 4.78 is 23.3. The number of carbonyl (C=O) groups is 2. The van der Waals surface area contributed by atoms with E-state index in [1.807, 2.05) is 0 Å².